The summed E-state index contributed by atoms with van der Waals surface area (Å²) in [5, 5.41) is 2.86. The van der Waals surface area contributed by atoms with Crippen molar-refractivity contribution in [3.63, 3.8) is 0 Å². The third-order valence-corrected chi connectivity index (χ3v) is 7.58. The maximum atomic E-state index is 13.3. The fraction of sp³-hybridized carbons (Fsp3) is 0.400. The number of nitrogens with one attached hydrogen (secondary N) is 1. The van der Waals surface area contributed by atoms with Crippen LogP contribution < -0.4 is 5.32 Å². The third-order valence-electron chi connectivity index (χ3n) is 5.74. The van der Waals surface area contributed by atoms with Crippen LogP contribution in [-0.4, -0.2) is 60.5 Å². The van der Waals surface area contributed by atoms with Gasteiger partial charge < -0.3 is 10.2 Å². The first-order valence-corrected chi connectivity index (χ1v) is 12.9. The van der Waals surface area contributed by atoms with Gasteiger partial charge in [-0.05, 0) is 44.4 Å². The van der Waals surface area contributed by atoms with Crippen LogP contribution in [-0.2, 0) is 26.0 Å². The zero-order chi connectivity index (χ0) is 24.9. The number of rotatable bonds is 10. The minimum atomic E-state index is -4.00. The van der Waals surface area contributed by atoms with Crippen molar-refractivity contribution in [2.24, 2.45) is 0 Å². The van der Waals surface area contributed by atoms with Crippen molar-refractivity contribution >= 4 is 27.7 Å². The standard InChI is InChI=1S/C25H31N3O5S/c1-4-21(24(30)26-18(2)3)27(16-14-19-10-6-5-7-11-19)23(29)15-17-28-25(31)20-12-8-9-13-22(20)34(28,32)33/h5-13,18,21H,4,14-17H2,1-3H3,(H,26,30). The first-order chi connectivity index (χ1) is 16.2. The summed E-state index contributed by atoms with van der Waals surface area (Å²) in [6, 6.07) is 14.9. The van der Waals surface area contributed by atoms with Gasteiger partial charge >= 0.3 is 0 Å². The molecule has 2 aromatic rings. The summed E-state index contributed by atoms with van der Waals surface area (Å²) in [6.07, 6.45) is 0.745. The number of amides is 3. The molecule has 0 aliphatic carbocycles. The van der Waals surface area contributed by atoms with Crippen molar-refractivity contribution in [2.75, 3.05) is 13.1 Å². The van der Waals surface area contributed by atoms with Crippen molar-refractivity contribution < 1.29 is 22.8 Å². The second-order valence-corrected chi connectivity index (χ2v) is 10.4. The molecule has 0 saturated carbocycles. The Hall–Kier alpha value is -3.20. The van der Waals surface area contributed by atoms with E-state index in [0.717, 1.165) is 9.87 Å². The highest BCUT2D eigenvalue weighted by molar-refractivity contribution is 7.90. The number of carbonyl (C=O) groups is 3. The van der Waals surface area contributed by atoms with Crippen molar-refractivity contribution in [3.05, 3.63) is 65.7 Å². The quantitative estimate of drug-likeness (QED) is 0.557. The highest BCUT2D eigenvalue weighted by Gasteiger charge is 2.41. The Bertz CT molecular complexity index is 1150. The lowest BCUT2D eigenvalue weighted by molar-refractivity contribution is -0.141. The first-order valence-electron chi connectivity index (χ1n) is 11.5. The minimum absolute atomic E-state index is 0.0453. The minimum Gasteiger partial charge on any atom is -0.352 e. The molecule has 9 heteroatoms. The fourth-order valence-corrected chi connectivity index (χ4v) is 5.64. The first kappa shape index (κ1) is 25.4. The molecular weight excluding hydrogens is 454 g/mol. The van der Waals surface area contributed by atoms with E-state index in [0.29, 0.717) is 19.4 Å². The average Bonchev–Trinajstić information content (AvgIpc) is 3.00. The Kier molecular flexibility index (Phi) is 8.09. The highest BCUT2D eigenvalue weighted by Crippen LogP contribution is 2.30. The number of benzene rings is 2. The van der Waals surface area contributed by atoms with Crippen LogP contribution in [0.25, 0.3) is 0 Å². The monoisotopic (exact) mass is 485 g/mol. The number of fused-ring (bicyclic) bond motifs is 1. The number of carbonyl (C=O) groups excluding carboxylic acids is 3. The topological polar surface area (TPSA) is 104 Å². The molecule has 0 bridgehead atoms. The van der Waals surface area contributed by atoms with Crippen LogP contribution >= 0.6 is 0 Å². The van der Waals surface area contributed by atoms with Crippen LogP contribution in [0.15, 0.2) is 59.5 Å². The van der Waals surface area contributed by atoms with Gasteiger partial charge in [0.05, 0.1) is 5.56 Å². The molecule has 0 fully saturated rings. The molecule has 34 heavy (non-hydrogen) atoms. The van der Waals surface area contributed by atoms with Gasteiger partial charge in [0, 0.05) is 25.6 Å². The number of hydrogen-bond donors (Lipinski definition) is 1. The maximum absolute atomic E-state index is 13.3. The van der Waals surface area contributed by atoms with E-state index in [9.17, 15) is 22.8 Å². The van der Waals surface area contributed by atoms with E-state index in [1.54, 1.807) is 12.1 Å². The van der Waals surface area contributed by atoms with Crippen LogP contribution in [0, 0.1) is 0 Å². The van der Waals surface area contributed by atoms with E-state index in [4.69, 9.17) is 0 Å². The predicted molar refractivity (Wildman–Crippen MR) is 128 cm³/mol. The van der Waals surface area contributed by atoms with E-state index in [1.807, 2.05) is 51.1 Å². The van der Waals surface area contributed by atoms with Gasteiger partial charge in [-0.25, -0.2) is 12.7 Å². The Balaban J connectivity index is 1.78. The molecule has 1 N–H and O–H groups in total. The molecule has 3 rings (SSSR count). The average molecular weight is 486 g/mol. The van der Waals surface area contributed by atoms with Gasteiger partial charge in [-0.3, -0.25) is 14.4 Å². The van der Waals surface area contributed by atoms with Gasteiger partial charge in [-0.15, -0.1) is 0 Å². The van der Waals surface area contributed by atoms with E-state index in [-0.39, 0.29) is 41.3 Å². The molecule has 0 spiro atoms. The zero-order valence-electron chi connectivity index (χ0n) is 19.7. The largest absolute Gasteiger partial charge is 0.352 e. The second kappa shape index (κ2) is 10.8. The molecule has 182 valence electrons. The molecule has 1 atom stereocenters. The summed E-state index contributed by atoms with van der Waals surface area (Å²) >= 11 is 0. The molecule has 1 aliphatic heterocycles. The SMILES string of the molecule is CCC(C(=O)NC(C)C)N(CCc1ccccc1)C(=O)CCN1C(=O)c2ccccc2S1(=O)=O. The molecule has 3 amide bonds. The van der Waals surface area contributed by atoms with Crippen LogP contribution in [0.5, 0.6) is 0 Å². The Morgan fingerprint density at radius 1 is 1.03 bits per heavy atom. The van der Waals surface area contributed by atoms with Crippen molar-refractivity contribution in [2.45, 2.75) is 57.0 Å². The summed E-state index contributed by atoms with van der Waals surface area (Å²) in [5.41, 5.74) is 1.13. The molecule has 0 aromatic heterocycles. The van der Waals surface area contributed by atoms with Crippen molar-refractivity contribution in [1.29, 1.82) is 0 Å². The molecular formula is C25H31N3O5S. The highest BCUT2D eigenvalue weighted by atomic mass is 32.2. The van der Waals surface area contributed by atoms with E-state index >= 15 is 0 Å². The van der Waals surface area contributed by atoms with Gasteiger partial charge in [-0.1, -0.05) is 49.4 Å². The normalized spacial score (nSPS) is 15.2. The summed E-state index contributed by atoms with van der Waals surface area (Å²) in [6.45, 7) is 5.55. The molecule has 1 unspecified atom stereocenters. The Morgan fingerprint density at radius 2 is 1.68 bits per heavy atom. The lowest BCUT2D eigenvalue weighted by atomic mass is 10.1. The fourth-order valence-electron chi connectivity index (χ4n) is 4.07. The third kappa shape index (κ3) is 5.47. The lowest BCUT2D eigenvalue weighted by Crippen LogP contribution is -2.52. The predicted octanol–water partition coefficient (Wildman–Crippen LogP) is 2.60. The second-order valence-electron chi connectivity index (χ2n) is 8.54. The van der Waals surface area contributed by atoms with Gasteiger partial charge in [0.2, 0.25) is 11.8 Å². The number of hydrogen-bond acceptors (Lipinski definition) is 5. The van der Waals surface area contributed by atoms with Crippen LogP contribution in [0.1, 0.15) is 49.5 Å². The summed E-state index contributed by atoms with van der Waals surface area (Å²) in [7, 11) is -4.00. The molecule has 8 nitrogen and oxygen atoms in total. The van der Waals surface area contributed by atoms with Gasteiger partial charge in [-0.2, -0.15) is 0 Å². The number of sulfonamides is 1. The summed E-state index contributed by atoms with van der Waals surface area (Å²) < 4.78 is 26.4. The van der Waals surface area contributed by atoms with Gasteiger partial charge in [0.15, 0.2) is 0 Å². The molecule has 2 aromatic carbocycles. The Morgan fingerprint density at radius 3 is 2.29 bits per heavy atom. The Labute approximate surface area is 201 Å². The van der Waals surface area contributed by atoms with Crippen molar-refractivity contribution in [3.8, 4) is 0 Å². The van der Waals surface area contributed by atoms with E-state index in [2.05, 4.69) is 5.32 Å². The van der Waals surface area contributed by atoms with Crippen LogP contribution in [0.2, 0.25) is 0 Å². The zero-order valence-corrected chi connectivity index (χ0v) is 20.5. The molecule has 0 saturated heterocycles. The lowest BCUT2D eigenvalue weighted by Gasteiger charge is -2.31. The molecule has 1 aliphatic rings. The van der Waals surface area contributed by atoms with Gasteiger partial charge in [0.25, 0.3) is 15.9 Å². The molecule has 0 radical (unpaired) electrons. The van der Waals surface area contributed by atoms with Crippen LogP contribution in [0.4, 0.5) is 0 Å². The van der Waals surface area contributed by atoms with E-state index < -0.39 is 22.0 Å². The summed E-state index contributed by atoms with van der Waals surface area (Å²) in [5.74, 6) is -1.26. The van der Waals surface area contributed by atoms with Crippen molar-refractivity contribution in [1.82, 2.24) is 14.5 Å². The van der Waals surface area contributed by atoms with Crippen LogP contribution in [0.3, 0.4) is 0 Å². The van der Waals surface area contributed by atoms with E-state index in [1.165, 1.54) is 17.0 Å². The smallest absolute Gasteiger partial charge is 0.269 e. The number of nitrogens with zero attached hydrogens (tertiary/aromatic N) is 2. The summed E-state index contributed by atoms with van der Waals surface area (Å²) in [4.78, 5) is 40.3. The van der Waals surface area contributed by atoms with Gasteiger partial charge in [0.1, 0.15) is 10.9 Å². The molecule has 1 heterocycles. The maximum Gasteiger partial charge on any atom is 0.269 e.